The number of rotatable bonds is 6. The molecule has 1 saturated carbocycles. The topological polar surface area (TPSA) is 91.8 Å². The Kier molecular flexibility index (Phi) is 4.54. The monoisotopic (exact) mass is 311 g/mol. The van der Waals surface area contributed by atoms with Crippen LogP contribution in [0.15, 0.2) is 0 Å². The van der Waals surface area contributed by atoms with E-state index in [-0.39, 0.29) is 30.6 Å². The van der Waals surface area contributed by atoms with Crippen molar-refractivity contribution in [2.45, 2.75) is 43.4 Å². The zero-order valence-electron chi connectivity index (χ0n) is 10.9. The first-order chi connectivity index (χ1) is 8.87. The highest BCUT2D eigenvalue weighted by Crippen LogP contribution is 2.31. The third-order valence-corrected chi connectivity index (χ3v) is 8.32. The van der Waals surface area contributed by atoms with Gasteiger partial charge in [-0.15, -0.1) is 0 Å². The molecule has 1 unspecified atom stereocenters. The largest absolute Gasteiger partial charge is 0.396 e. The average molecular weight is 311 g/mol. The van der Waals surface area contributed by atoms with Gasteiger partial charge in [0.25, 0.3) is 0 Å². The third-order valence-electron chi connectivity index (χ3n) is 3.96. The zero-order valence-corrected chi connectivity index (χ0v) is 12.5. The van der Waals surface area contributed by atoms with Crippen molar-refractivity contribution in [2.24, 2.45) is 0 Å². The molecule has 0 spiro atoms. The first kappa shape index (κ1) is 15.2. The SMILES string of the molecule is O=S1(=O)CCC(S(=O)(=O)N(CCCO)C2CCC2)C1. The Morgan fingerprint density at radius 2 is 1.89 bits per heavy atom. The van der Waals surface area contributed by atoms with Crippen LogP contribution in [0.1, 0.15) is 32.1 Å². The molecular formula is C11H21NO5S2. The molecule has 1 aliphatic carbocycles. The molecule has 1 atom stereocenters. The van der Waals surface area contributed by atoms with Crippen LogP contribution in [-0.2, 0) is 19.9 Å². The number of hydrogen-bond donors (Lipinski definition) is 1. The fraction of sp³-hybridized carbons (Fsp3) is 1.00. The minimum absolute atomic E-state index is 0.000135. The zero-order chi connectivity index (χ0) is 14.1. The quantitative estimate of drug-likeness (QED) is 0.730. The van der Waals surface area contributed by atoms with Crippen molar-refractivity contribution in [3.8, 4) is 0 Å². The van der Waals surface area contributed by atoms with Gasteiger partial charge in [0, 0.05) is 19.2 Å². The predicted octanol–water partition coefficient (Wildman–Crippen LogP) is -0.260. The van der Waals surface area contributed by atoms with E-state index in [9.17, 15) is 16.8 Å². The minimum atomic E-state index is -3.56. The van der Waals surface area contributed by atoms with Crippen molar-refractivity contribution < 1.29 is 21.9 Å². The third kappa shape index (κ3) is 3.29. The molecule has 8 heteroatoms. The summed E-state index contributed by atoms with van der Waals surface area (Å²) < 4.78 is 49.4. The molecule has 2 rings (SSSR count). The van der Waals surface area contributed by atoms with E-state index in [2.05, 4.69) is 0 Å². The molecule has 0 aromatic carbocycles. The Hall–Kier alpha value is -0.180. The second kappa shape index (κ2) is 5.67. The van der Waals surface area contributed by atoms with Crippen molar-refractivity contribution in [1.82, 2.24) is 4.31 Å². The van der Waals surface area contributed by atoms with Crippen LogP contribution in [0.25, 0.3) is 0 Å². The molecular weight excluding hydrogens is 290 g/mol. The highest BCUT2D eigenvalue weighted by molar-refractivity contribution is 7.95. The summed E-state index contributed by atoms with van der Waals surface area (Å²) in [5.41, 5.74) is 0. The highest BCUT2D eigenvalue weighted by Gasteiger charge is 2.43. The van der Waals surface area contributed by atoms with Crippen LogP contribution in [0, 0.1) is 0 Å². The maximum Gasteiger partial charge on any atom is 0.218 e. The molecule has 6 nitrogen and oxygen atoms in total. The van der Waals surface area contributed by atoms with Crippen LogP contribution in [0.2, 0.25) is 0 Å². The van der Waals surface area contributed by atoms with Gasteiger partial charge < -0.3 is 5.11 Å². The Morgan fingerprint density at radius 3 is 2.32 bits per heavy atom. The summed E-state index contributed by atoms with van der Waals surface area (Å²) >= 11 is 0. The fourth-order valence-electron chi connectivity index (χ4n) is 2.61. The highest BCUT2D eigenvalue weighted by atomic mass is 32.2. The van der Waals surface area contributed by atoms with Gasteiger partial charge >= 0.3 is 0 Å². The molecule has 0 bridgehead atoms. The van der Waals surface area contributed by atoms with Crippen molar-refractivity contribution in [3.63, 3.8) is 0 Å². The lowest BCUT2D eigenvalue weighted by Crippen LogP contribution is -2.48. The summed E-state index contributed by atoms with van der Waals surface area (Å²) in [5.74, 6) is -0.285. The van der Waals surface area contributed by atoms with Crippen LogP contribution < -0.4 is 0 Å². The molecule has 1 heterocycles. The van der Waals surface area contributed by atoms with Crippen molar-refractivity contribution in [2.75, 3.05) is 24.7 Å². The number of sulfonamides is 1. The van der Waals surface area contributed by atoms with E-state index in [0.717, 1.165) is 19.3 Å². The van der Waals surface area contributed by atoms with Crippen molar-refractivity contribution in [3.05, 3.63) is 0 Å². The molecule has 1 saturated heterocycles. The predicted molar refractivity (Wildman–Crippen MR) is 72.0 cm³/mol. The van der Waals surface area contributed by atoms with Gasteiger partial charge in [0.2, 0.25) is 10.0 Å². The lowest BCUT2D eigenvalue weighted by molar-refractivity contribution is 0.197. The number of sulfone groups is 1. The molecule has 2 aliphatic rings. The van der Waals surface area contributed by atoms with E-state index < -0.39 is 25.1 Å². The van der Waals surface area contributed by atoms with Crippen LogP contribution in [-0.4, -0.2) is 62.2 Å². The van der Waals surface area contributed by atoms with Gasteiger partial charge in [-0.2, -0.15) is 4.31 Å². The van der Waals surface area contributed by atoms with Gasteiger partial charge in [-0.1, -0.05) is 6.42 Å². The van der Waals surface area contributed by atoms with Gasteiger partial charge in [0.15, 0.2) is 9.84 Å². The molecule has 0 amide bonds. The lowest BCUT2D eigenvalue weighted by Gasteiger charge is -2.37. The summed E-state index contributed by atoms with van der Waals surface area (Å²) in [6.07, 6.45) is 3.29. The van der Waals surface area contributed by atoms with Crippen molar-refractivity contribution in [1.29, 1.82) is 0 Å². The second-order valence-electron chi connectivity index (χ2n) is 5.34. The summed E-state index contributed by atoms with van der Waals surface area (Å²) in [7, 11) is -6.76. The van der Waals surface area contributed by atoms with Crippen LogP contribution in [0.4, 0.5) is 0 Å². The molecule has 1 N–H and O–H groups in total. The van der Waals surface area contributed by atoms with E-state index in [1.54, 1.807) is 0 Å². The summed E-state index contributed by atoms with van der Waals surface area (Å²) in [4.78, 5) is 0. The number of nitrogens with zero attached hydrogens (tertiary/aromatic N) is 1. The number of aliphatic hydroxyl groups excluding tert-OH is 1. The van der Waals surface area contributed by atoms with Gasteiger partial charge in [0.05, 0.1) is 16.8 Å². The standard InChI is InChI=1S/C11H21NO5S2/c13-7-2-6-12(10-3-1-4-10)19(16,17)11-5-8-18(14,15)9-11/h10-11,13H,1-9H2. The van der Waals surface area contributed by atoms with E-state index in [1.165, 1.54) is 4.31 Å². The van der Waals surface area contributed by atoms with E-state index in [0.29, 0.717) is 13.0 Å². The van der Waals surface area contributed by atoms with Gasteiger partial charge in [0.1, 0.15) is 0 Å². The fourth-order valence-corrected chi connectivity index (χ4v) is 7.42. The van der Waals surface area contributed by atoms with Crippen LogP contribution in [0.5, 0.6) is 0 Å². The Balaban J connectivity index is 2.14. The Labute approximate surface area is 114 Å². The normalized spacial score (nSPS) is 27.6. The smallest absolute Gasteiger partial charge is 0.218 e. The molecule has 1 aliphatic heterocycles. The van der Waals surface area contributed by atoms with E-state index in [1.807, 2.05) is 0 Å². The lowest BCUT2D eigenvalue weighted by atomic mass is 9.93. The molecule has 0 aromatic heterocycles. The first-order valence-electron chi connectivity index (χ1n) is 6.69. The molecule has 0 radical (unpaired) electrons. The maximum absolute atomic E-state index is 12.5. The van der Waals surface area contributed by atoms with Crippen LogP contribution >= 0.6 is 0 Å². The summed E-state index contributed by atoms with van der Waals surface area (Å²) in [6, 6.07) is -0.000135. The second-order valence-corrected chi connectivity index (χ2v) is 9.74. The van der Waals surface area contributed by atoms with Crippen LogP contribution in [0.3, 0.4) is 0 Å². The van der Waals surface area contributed by atoms with Gasteiger partial charge in [-0.05, 0) is 25.7 Å². The van der Waals surface area contributed by atoms with Crippen molar-refractivity contribution >= 4 is 19.9 Å². The molecule has 19 heavy (non-hydrogen) atoms. The first-order valence-corrected chi connectivity index (χ1v) is 10.0. The minimum Gasteiger partial charge on any atom is -0.396 e. The summed E-state index contributed by atoms with van der Waals surface area (Å²) in [6.45, 7) is 0.238. The maximum atomic E-state index is 12.5. The average Bonchev–Trinajstić information content (AvgIpc) is 2.62. The number of aliphatic hydroxyl groups is 1. The Morgan fingerprint density at radius 1 is 1.21 bits per heavy atom. The molecule has 0 aromatic rings. The molecule has 2 fully saturated rings. The Bertz CT molecular complexity index is 509. The van der Waals surface area contributed by atoms with E-state index in [4.69, 9.17) is 5.11 Å². The summed E-state index contributed by atoms with van der Waals surface area (Å²) in [5, 5.41) is 8.09. The van der Waals surface area contributed by atoms with Gasteiger partial charge in [-0.25, -0.2) is 16.8 Å². The van der Waals surface area contributed by atoms with Gasteiger partial charge in [-0.3, -0.25) is 0 Å². The number of hydrogen-bond acceptors (Lipinski definition) is 5. The molecule has 112 valence electrons. The van der Waals surface area contributed by atoms with E-state index >= 15 is 0 Å².